The van der Waals surface area contributed by atoms with Crippen LogP contribution < -0.4 is 4.90 Å². The maximum atomic E-state index is 5.43. The minimum absolute atomic E-state index is 0.234. The summed E-state index contributed by atoms with van der Waals surface area (Å²) in [5.74, 6) is 1.03. The second kappa shape index (κ2) is 7.18. The molecule has 0 bridgehead atoms. The Morgan fingerprint density at radius 2 is 1.73 bits per heavy atom. The van der Waals surface area contributed by atoms with Crippen LogP contribution in [0.25, 0.3) is 0 Å². The summed E-state index contributed by atoms with van der Waals surface area (Å²) in [6.07, 6.45) is -0.234. The molecule has 1 aliphatic heterocycles. The summed E-state index contributed by atoms with van der Waals surface area (Å²) >= 11 is 1.91. The van der Waals surface area contributed by atoms with E-state index in [0.717, 1.165) is 5.75 Å². The van der Waals surface area contributed by atoms with Gasteiger partial charge in [0.1, 0.15) is 0 Å². The van der Waals surface area contributed by atoms with Crippen LogP contribution >= 0.6 is 11.8 Å². The Labute approximate surface area is 136 Å². The lowest BCUT2D eigenvalue weighted by molar-refractivity contribution is -0.0956. The topological polar surface area (TPSA) is 21.7 Å². The number of rotatable bonds is 5. The molecule has 0 N–H and O–H groups in total. The molecule has 1 unspecified atom stereocenters. The molecule has 4 heteroatoms. The highest BCUT2D eigenvalue weighted by Gasteiger charge is 2.29. The molecule has 1 atom stereocenters. The molecule has 0 saturated carbocycles. The Hall–Kier alpha value is -1.49. The van der Waals surface area contributed by atoms with Crippen molar-refractivity contribution >= 4 is 17.4 Å². The normalized spacial score (nSPS) is 17.6. The van der Waals surface area contributed by atoms with Crippen LogP contribution in [-0.2, 0) is 9.47 Å². The molecule has 0 amide bonds. The molecular weight excluding hydrogens is 294 g/mol. The van der Waals surface area contributed by atoms with Crippen LogP contribution in [0.2, 0.25) is 0 Å². The van der Waals surface area contributed by atoms with Gasteiger partial charge in [0.15, 0.2) is 6.29 Å². The first-order chi connectivity index (χ1) is 10.8. The zero-order chi connectivity index (χ0) is 15.4. The van der Waals surface area contributed by atoms with Gasteiger partial charge in [-0.3, -0.25) is 0 Å². The average Bonchev–Trinajstić information content (AvgIpc) is 2.60. The minimum atomic E-state index is -0.234. The van der Waals surface area contributed by atoms with Crippen molar-refractivity contribution < 1.29 is 9.47 Å². The molecule has 2 aromatic rings. The van der Waals surface area contributed by atoms with Gasteiger partial charge in [-0.2, -0.15) is 0 Å². The molecular formula is C18H21NO2S. The summed E-state index contributed by atoms with van der Waals surface area (Å²) in [6, 6.07) is 19.5. The Morgan fingerprint density at radius 3 is 2.45 bits per heavy atom. The molecule has 0 saturated heterocycles. The Morgan fingerprint density at radius 1 is 1.05 bits per heavy atom. The van der Waals surface area contributed by atoms with E-state index in [4.69, 9.17) is 9.47 Å². The SMILES string of the molecule is COC(CN1c2ccccc2SCC1c1ccccc1)OC. The monoisotopic (exact) mass is 315 g/mol. The van der Waals surface area contributed by atoms with Gasteiger partial charge < -0.3 is 14.4 Å². The number of ether oxygens (including phenoxy) is 2. The van der Waals surface area contributed by atoms with Gasteiger partial charge in [-0.05, 0) is 17.7 Å². The van der Waals surface area contributed by atoms with Gasteiger partial charge in [-0.25, -0.2) is 0 Å². The van der Waals surface area contributed by atoms with E-state index in [2.05, 4.69) is 59.5 Å². The van der Waals surface area contributed by atoms with Gasteiger partial charge in [-0.15, -0.1) is 11.8 Å². The van der Waals surface area contributed by atoms with Gasteiger partial charge in [-0.1, -0.05) is 42.5 Å². The highest BCUT2D eigenvalue weighted by Crippen LogP contribution is 2.43. The van der Waals surface area contributed by atoms with E-state index in [1.54, 1.807) is 14.2 Å². The molecule has 116 valence electrons. The molecule has 0 fully saturated rings. The molecule has 3 nitrogen and oxygen atoms in total. The molecule has 0 aromatic heterocycles. The van der Waals surface area contributed by atoms with Crippen LogP contribution in [-0.4, -0.2) is 32.8 Å². The second-order valence-electron chi connectivity index (χ2n) is 5.26. The minimum Gasteiger partial charge on any atom is -0.358 e. The fraction of sp³-hybridized carbons (Fsp3) is 0.333. The first-order valence-corrected chi connectivity index (χ1v) is 8.41. The average molecular weight is 315 g/mol. The number of hydrogen-bond acceptors (Lipinski definition) is 4. The van der Waals surface area contributed by atoms with Crippen molar-refractivity contribution in [2.45, 2.75) is 17.2 Å². The Kier molecular flexibility index (Phi) is 5.03. The largest absolute Gasteiger partial charge is 0.358 e. The third kappa shape index (κ3) is 3.14. The third-order valence-corrected chi connectivity index (χ3v) is 5.14. The fourth-order valence-electron chi connectivity index (χ4n) is 2.83. The summed E-state index contributed by atoms with van der Waals surface area (Å²) in [6.45, 7) is 0.712. The van der Waals surface area contributed by atoms with Gasteiger partial charge in [0.2, 0.25) is 0 Å². The van der Waals surface area contributed by atoms with Crippen molar-refractivity contribution in [3.8, 4) is 0 Å². The van der Waals surface area contributed by atoms with Crippen molar-refractivity contribution in [1.82, 2.24) is 0 Å². The molecule has 1 heterocycles. The number of benzene rings is 2. The fourth-order valence-corrected chi connectivity index (χ4v) is 4.04. The number of hydrogen-bond donors (Lipinski definition) is 0. The van der Waals surface area contributed by atoms with Crippen molar-refractivity contribution in [3.05, 3.63) is 60.2 Å². The first kappa shape index (κ1) is 15.4. The highest BCUT2D eigenvalue weighted by molar-refractivity contribution is 7.99. The predicted octanol–water partition coefficient (Wildman–Crippen LogP) is 3.96. The number of thioether (sulfide) groups is 1. The van der Waals surface area contributed by atoms with Crippen molar-refractivity contribution in [2.75, 3.05) is 31.4 Å². The van der Waals surface area contributed by atoms with E-state index >= 15 is 0 Å². The van der Waals surface area contributed by atoms with Gasteiger partial charge in [0.05, 0.1) is 18.3 Å². The maximum Gasteiger partial charge on any atom is 0.174 e. The van der Waals surface area contributed by atoms with Crippen LogP contribution in [0, 0.1) is 0 Å². The molecule has 1 aliphatic rings. The smallest absolute Gasteiger partial charge is 0.174 e. The summed E-state index contributed by atoms with van der Waals surface area (Å²) in [5, 5.41) is 0. The van der Waals surface area contributed by atoms with Crippen molar-refractivity contribution in [2.24, 2.45) is 0 Å². The molecule has 0 radical (unpaired) electrons. The van der Waals surface area contributed by atoms with E-state index < -0.39 is 0 Å². The lowest BCUT2D eigenvalue weighted by Crippen LogP contribution is -2.40. The summed E-state index contributed by atoms with van der Waals surface area (Å²) < 4.78 is 10.9. The molecule has 3 rings (SSSR count). The van der Waals surface area contributed by atoms with Gasteiger partial charge in [0, 0.05) is 24.9 Å². The number of fused-ring (bicyclic) bond motifs is 1. The Balaban J connectivity index is 1.96. The van der Waals surface area contributed by atoms with E-state index in [0.29, 0.717) is 12.6 Å². The number of anilines is 1. The quantitative estimate of drug-likeness (QED) is 0.779. The Bertz CT molecular complexity index is 601. The molecule has 22 heavy (non-hydrogen) atoms. The van der Waals surface area contributed by atoms with Gasteiger partial charge in [0.25, 0.3) is 0 Å². The predicted molar refractivity (Wildman–Crippen MR) is 91.5 cm³/mol. The number of nitrogens with zero attached hydrogens (tertiary/aromatic N) is 1. The van der Waals surface area contributed by atoms with Crippen LogP contribution in [0.4, 0.5) is 5.69 Å². The standard InChI is InChI=1S/C18H21NO2S/c1-20-18(21-2)12-19-15-10-6-7-11-17(15)22-13-16(19)14-8-4-3-5-9-14/h3-11,16,18H,12-13H2,1-2H3. The van der Waals surface area contributed by atoms with E-state index in [9.17, 15) is 0 Å². The van der Waals surface area contributed by atoms with Crippen molar-refractivity contribution in [3.63, 3.8) is 0 Å². The molecule has 2 aromatic carbocycles. The highest BCUT2D eigenvalue weighted by atomic mass is 32.2. The van der Waals surface area contributed by atoms with Crippen LogP contribution in [0.1, 0.15) is 11.6 Å². The van der Waals surface area contributed by atoms with E-state index in [-0.39, 0.29) is 6.29 Å². The number of para-hydroxylation sites is 1. The zero-order valence-electron chi connectivity index (χ0n) is 12.9. The lowest BCUT2D eigenvalue weighted by atomic mass is 10.1. The van der Waals surface area contributed by atoms with E-state index in [1.165, 1.54) is 16.1 Å². The van der Waals surface area contributed by atoms with Gasteiger partial charge >= 0.3 is 0 Å². The summed E-state index contributed by atoms with van der Waals surface area (Å²) in [4.78, 5) is 3.72. The van der Waals surface area contributed by atoms with Crippen LogP contribution in [0.5, 0.6) is 0 Å². The van der Waals surface area contributed by atoms with Crippen LogP contribution in [0.3, 0.4) is 0 Å². The zero-order valence-corrected chi connectivity index (χ0v) is 13.8. The summed E-state index contributed by atoms with van der Waals surface area (Å²) in [7, 11) is 3.38. The van der Waals surface area contributed by atoms with Crippen LogP contribution in [0.15, 0.2) is 59.5 Å². The lowest BCUT2D eigenvalue weighted by Gasteiger charge is -2.40. The second-order valence-corrected chi connectivity index (χ2v) is 6.32. The molecule has 0 spiro atoms. The molecule has 0 aliphatic carbocycles. The number of methoxy groups -OCH3 is 2. The summed E-state index contributed by atoms with van der Waals surface area (Å²) in [5.41, 5.74) is 2.59. The first-order valence-electron chi connectivity index (χ1n) is 7.42. The maximum absolute atomic E-state index is 5.43. The third-order valence-electron chi connectivity index (χ3n) is 4.00. The van der Waals surface area contributed by atoms with Crippen molar-refractivity contribution in [1.29, 1.82) is 0 Å². The van der Waals surface area contributed by atoms with E-state index in [1.807, 2.05) is 11.8 Å².